The van der Waals surface area contributed by atoms with Crippen molar-refractivity contribution < 1.29 is 10.4 Å². The molecule has 2 fully saturated rings. The molecule has 2 heterocycles. The summed E-state index contributed by atoms with van der Waals surface area (Å²) in [6.07, 6.45) is 15.0. The molecule has 2 aliphatic heterocycles. The van der Waals surface area contributed by atoms with Gasteiger partial charge in [0.15, 0.2) is 0 Å². The summed E-state index contributed by atoms with van der Waals surface area (Å²) >= 11 is 0. The molecule has 0 spiro atoms. The lowest BCUT2D eigenvalue weighted by molar-refractivity contribution is -0.267. The molecular formula is C28H56N2O2. The van der Waals surface area contributed by atoms with E-state index in [9.17, 15) is 10.4 Å². The van der Waals surface area contributed by atoms with Crippen molar-refractivity contribution in [1.29, 1.82) is 0 Å². The van der Waals surface area contributed by atoms with E-state index in [-0.39, 0.29) is 22.2 Å². The maximum Gasteiger partial charge on any atom is 0.0413 e. The van der Waals surface area contributed by atoms with Gasteiger partial charge in [-0.25, -0.2) is 0 Å². The lowest BCUT2D eigenvalue weighted by Crippen LogP contribution is -2.62. The van der Waals surface area contributed by atoms with Crippen LogP contribution in [0.4, 0.5) is 0 Å². The van der Waals surface area contributed by atoms with Crippen molar-refractivity contribution in [2.24, 2.45) is 17.8 Å². The zero-order valence-electron chi connectivity index (χ0n) is 23.0. The zero-order chi connectivity index (χ0) is 24.4. The smallest absolute Gasteiger partial charge is 0.0413 e. The van der Waals surface area contributed by atoms with Gasteiger partial charge in [0.05, 0.1) is 0 Å². The van der Waals surface area contributed by atoms with Crippen LogP contribution in [0.15, 0.2) is 0 Å². The molecule has 0 saturated carbocycles. The molecule has 0 aromatic rings. The largest absolute Gasteiger partial charge is 0.313 e. The second-order valence-electron chi connectivity index (χ2n) is 13.8. The average Bonchev–Trinajstić information content (AvgIpc) is 2.65. The molecule has 4 heteroatoms. The van der Waals surface area contributed by atoms with E-state index in [0.29, 0.717) is 17.8 Å². The van der Waals surface area contributed by atoms with Crippen LogP contribution >= 0.6 is 0 Å². The highest BCUT2D eigenvalue weighted by Gasteiger charge is 2.51. The van der Waals surface area contributed by atoms with E-state index in [2.05, 4.69) is 62.3 Å². The Kier molecular flexibility index (Phi) is 9.32. The fraction of sp³-hybridized carbons (Fsp3) is 1.00. The van der Waals surface area contributed by atoms with Crippen molar-refractivity contribution in [3.8, 4) is 0 Å². The molecule has 32 heavy (non-hydrogen) atoms. The topological polar surface area (TPSA) is 46.9 Å². The molecule has 2 rings (SSSR count). The van der Waals surface area contributed by atoms with Gasteiger partial charge in [-0.05, 0) is 105 Å². The molecule has 190 valence electrons. The van der Waals surface area contributed by atoms with Crippen LogP contribution in [-0.4, -0.2) is 42.7 Å². The Bertz CT molecular complexity index is 506. The third kappa shape index (κ3) is 6.71. The number of nitrogens with zero attached hydrogens (tertiary/aromatic N) is 2. The number of unbranched alkanes of at least 4 members (excludes halogenated alkanes) is 6. The van der Waals surface area contributed by atoms with Crippen molar-refractivity contribution in [2.45, 2.75) is 162 Å². The van der Waals surface area contributed by atoms with Crippen molar-refractivity contribution in [3.63, 3.8) is 0 Å². The van der Waals surface area contributed by atoms with Crippen LogP contribution in [0.2, 0.25) is 0 Å². The van der Waals surface area contributed by atoms with Gasteiger partial charge in [-0.1, -0.05) is 51.9 Å². The van der Waals surface area contributed by atoms with Crippen LogP contribution in [0.1, 0.15) is 139 Å². The summed E-state index contributed by atoms with van der Waals surface area (Å²) in [7, 11) is 0. The summed E-state index contributed by atoms with van der Waals surface area (Å²) in [6.45, 7) is 19.9. The predicted molar refractivity (Wildman–Crippen MR) is 135 cm³/mol. The number of rotatable bonds is 10. The highest BCUT2D eigenvalue weighted by atomic mass is 16.5. The number of hydrogen-bond donors (Lipinski definition) is 2. The van der Waals surface area contributed by atoms with Gasteiger partial charge in [-0.3, -0.25) is 0 Å². The standard InChI is InChI=1S/C28H56N2O2/c1-10-11-12-13-14-15-16-17-24(22-18-25(2,3)29(31)26(4,5)19-22)23-20-27(6,7)30(32)28(8,9)21-23/h22-24,31-32H,10-21H2,1-9H3. The molecule has 0 bridgehead atoms. The number of piperidine rings is 2. The average molecular weight is 453 g/mol. The summed E-state index contributed by atoms with van der Waals surface area (Å²) in [6, 6.07) is 0. The quantitative estimate of drug-likeness (QED) is 0.329. The Labute approximate surface area is 200 Å². The van der Waals surface area contributed by atoms with Gasteiger partial charge >= 0.3 is 0 Å². The SMILES string of the molecule is CCCCCCCCCC(C1CC(C)(C)N(O)C(C)(C)C1)C1CC(C)(C)N(O)C(C)(C)C1. The Morgan fingerprint density at radius 2 is 0.906 bits per heavy atom. The highest BCUT2D eigenvalue weighted by Crippen LogP contribution is 2.51. The van der Waals surface area contributed by atoms with Crippen LogP contribution in [0.3, 0.4) is 0 Å². The normalized spacial score (nSPS) is 26.6. The van der Waals surface area contributed by atoms with Crippen LogP contribution in [0, 0.1) is 17.8 Å². The van der Waals surface area contributed by atoms with Gasteiger partial charge in [-0.2, -0.15) is 10.1 Å². The summed E-state index contributed by atoms with van der Waals surface area (Å²) in [5, 5.41) is 25.0. The number of hydrogen-bond acceptors (Lipinski definition) is 4. The molecule has 0 atom stereocenters. The predicted octanol–water partition coefficient (Wildman–Crippen LogP) is 8.06. The third-order valence-electron chi connectivity index (χ3n) is 8.69. The summed E-state index contributed by atoms with van der Waals surface area (Å²) in [5.41, 5.74) is -0.803. The monoisotopic (exact) mass is 452 g/mol. The summed E-state index contributed by atoms with van der Waals surface area (Å²) in [5.74, 6) is 1.89. The maximum atomic E-state index is 10.9. The van der Waals surface area contributed by atoms with E-state index in [1.54, 1.807) is 10.1 Å². The van der Waals surface area contributed by atoms with Crippen molar-refractivity contribution >= 4 is 0 Å². The van der Waals surface area contributed by atoms with Gasteiger partial charge in [0, 0.05) is 22.2 Å². The molecule has 2 saturated heterocycles. The maximum absolute atomic E-state index is 10.9. The first-order chi connectivity index (χ1) is 14.6. The van der Waals surface area contributed by atoms with Crippen LogP contribution in [0.5, 0.6) is 0 Å². The number of hydroxylamine groups is 4. The van der Waals surface area contributed by atoms with Crippen molar-refractivity contribution in [2.75, 3.05) is 0 Å². The second-order valence-corrected chi connectivity index (χ2v) is 13.8. The Balaban J connectivity index is 2.18. The molecule has 0 amide bonds. The Morgan fingerprint density at radius 1 is 0.594 bits per heavy atom. The second kappa shape index (κ2) is 10.6. The van der Waals surface area contributed by atoms with Gasteiger partial charge in [0.2, 0.25) is 0 Å². The fourth-order valence-corrected chi connectivity index (χ4v) is 7.49. The molecule has 0 aliphatic carbocycles. The van der Waals surface area contributed by atoms with E-state index < -0.39 is 0 Å². The molecule has 0 radical (unpaired) electrons. The molecule has 0 aromatic heterocycles. The Hall–Kier alpha value is -0.160. The first-order valence-electron chi connectivity index (χ1n) is 13.6. The van der Waals surface area contributed by atoms with Gasteiger partial charge in [0.25, 0.3) is 0 Å². The third-order valence-corrected chi connectivity index (χ3v) is 8.69. The van der Waals surface area contributed by atoms with E-state index >= 15 is 0 Å². The zero-order valence-corrected chi connectivity index (χ0v) is 23.0. The van der Waals surface area contributed by atoms with E-state index in [0.717, 1.165) is 25.7 Å². The van der Waals surface area contributed by atoms with Crippen molar-refractivity contribution in [3.05, 3.63) is 0 Å². The molecule has 2 N–H and O–H groups in total. The first kappa shape index (κ1) is 28.1. The van der Waals surface area contributed by atoms with Crippen LogP contribution in [-0.2, 0) is 0 Å². The van der Waals surface area contributed by atoms with Gasteiger partial charge < -0.3 is 10.4 Å². The first-order valence-corrected chi connectivity index (χ1v) is 13.6. The van der Waals surface area contributed by atoms with Gasteiger partial charge in [0.1, 0.15) is 0 Å². The molecule has 4 nitrogen and oxygen atoms in total. The van der Waals surface area contributed by atoms with E-state index in [1.807, 2.05) is 0 Å². The molecular weight excluding hydrogens is 396 g/mol. The molecule has 0 unspecified atom stereocenters. The fourth-order valence-electron chi connectivity index (χ4n) is 7.49. The molecule has 2 aliphatic rings. The van der Waals surface area contributed by atoms with Crippen LogP contribution < -0.4 is 0 Å². The highest BCUT2D eigenvalue weighted by molar-refractivity contribution is 5.02. The van der Waals surface area contributed by atoms with Crippen LogP contribution in [0.25, 0.3) is 0 Å². The lowest BCUT2D eigenvalue weighted by Gasteiger charge is -2.57. The minimum atomic E-state index is -0.201. The van der Waals surface area contributed by atoms with Crippen molar-refractivity contribution in [1.82, 2.24) is 10.1 Å². The minimum Gasteiger partial charge on any atom is -0.313 e. The minimum absolute atomic E-state index is 0.201. The summed E-state index contributed by atoms with van der Waals surface area (Å²) in [4.78, 5) is 0. The van der Waals surface area contributed by atoms with Gasteiger partial charge in [-0.15, -0.1) is 0 Å². The molecule has 0 aromatic carbocycles. The Morgan fingerprint density at radius 3 is 1.25 bits per heavy atom. The van der Waals surface area contributed by atoms with E-state index in [4.69, 9.17) is 0 Å². The van der Waals surface area contributed by atoms with E-state index in [1.165, 1.54) is 51.4 Å². The lowest BCUT2D eigenvalue weighted by atomic mass is 9.61. The summed E-state index contributed by atoms with van der Waals surface area (Å²) < 4.78 is 0.